The Morgan fingerprint density at radius 3 is 2.94 bits per heavy atom. The first-order valence-corrected chi connectivity index (χ1v) is 5.29. The second-order valence-corrected chi connectivity index (χ2v) is 3.79. The van der Waals surface area contributed by atoms with Crippen molar-refractivity contribution in [1.82, 2.24) is 9.78 Å². The molecule has 1 aromatic heterocycles. The van der Waals surface area contributed by atoms with Gasteiger partial charge in [0.05, 0.1) is 11.4 Å². The number of nitrogens with one attached hydrogen (secondary N) is 1. The SMILES string of the molecule is Cc1cccc(N)c1NC(=O)Cn1cccn1. The molecule has 2 aromatic rings. The van der Waals surface area contributed by atoms with E-state index in [1.165, 1.54) is 0 Å². The molecule has 17 heavy (non-hydrogen) atoms. The van der Waals surface area contributed by atoms with Crippen molar-refractivity contribution < 1.29 is 4.79 Å². The van der Waals surface area contributed by atoms with E-state index in [1.54, 1.807) is 29.2 Å². The zero-order valence-electron chi connectivity index (χ0n) is 9.55. The van der Waals surface area contributed by atoms with Crippen molar-refractivity contribution in [3.8, 4) is 0 Å². The number of aryl methyl sites for hydroxylation is 1. The minimum Gasteiger partial charge on any atom is -0.397 e. The van der Waals surface area contributed by atoms with E-state index in [4.69, 9.17) is 5.73 Å². The highest BCUT2D eigenvalue weighted by Crippen LogP contribution is 2.22. The van der Waals surface area contributed by atoms with Crippen molar-refractivity contribution in [2.75, 3.05) is 11.1 Å². The number of para-hydroxylation sites is 1. The van der Waals surface area contributed by atoms with E-state index in [9.17, 15) is 4.79 Å². The lowest BCUT2D eigenvalue weighted by molar-refractivity contribution is -0.116. The molecule has 5 nitrogen and oxygen atoms in total. The first-order chi connectivity index (χ1) is 8.16. The van der Waals surface area contributed by atoms with Crippen LogP contribution in [0.15, 0.2) is 36.7 Å². The number of carbonyl (C=O) groups is 1. The number of hydrogen-bond donors (Lipinski definition) is 2. The molecule has 0 saturated heterocycles. The van der Waals surface area contributed by atoms with Gasteiger partial charge in [0.1, 0.15) is 6.54 Å². The molecule has 0 bridgehead atoms. The lowest BCUT2D eigenvalue weighted by Gasteiger charge is -2.10. The van der Waals surface area contributed by atoms with Gasteiger partial charge >= 0.3 is 0 Å². The minimum absolute atomic E-state index is 0.144. The topological polar surface area (TPSA) is 72.9 Å². The third kappa shape index (κ3) is 2.63. The molecule has 0 aliphatic heterocycles. The third-order valence-corrected chi connectivity index (χ3v) is 2.43. The van der Waals surface area contributed by atoms with E-state index in [2.05, 4.69) is 10.4 Å². The standard InChI is InChI=1S/C12H14N4O/c1-9-4-2-5-10(13)12(9)15-11(17)8-16-7-3-6-14-16/h2-7H,8,13H2,1H3,(H,15,17). The molecule has 0 atom stereocenters. The van der Waals surface area contributed by atoms with Gasteiger partial charge in [0.2, 0.25) is 5.91 Å². The van der Waals surface area contributed by atoms with E-state index < -0.39 is 0 Å². The molecule has 0 fully saturated rings. The number of hydrogen-bond acceptors (Lipinski definition) is 3. The summed E-state index contributed by atoms with van der Waals surface area (Å²) in [6.45, 7) is 2.08. The van der Waals surface area contributed by atoms with Crippen molar-refractivity contribution in [2.45, 2.75) is 13.5 Å². The Bertz CT molecular complexity index is 499. The van der Waals surface area contributed by atoms with Crippen LogP contribution >= 0.6 is 0 Å². The van der Waals surface area contributed by atoms with Crippen LogP contribution in [0.1, 0.15) is 5.56 Å². The van der Waals surface area contributed by atoms with Crippen LogP contribution in [-0.4, -0.2) is 15.7 Å². The van der Waals surface area contributed by atoms with Gasteiger partial charge in [0.15, 0.2) is 0 Å². The fraction of sp³-hybridized carbons (Fsp3) is 0.167. The number of anilines is 2. The molecular weight excluding hydrogens is 216 g/mol. The molecule has 88 valence electrons. The van der Waals surface area contributed by atoms with E-state index >= 15 is 0 Å². The second kappa shape index (κ2) is 4.69. The lowest BCUT2D eigenvalue weighted by atomic mass is 10.1. The number of nitrogen functional groups attached to an aromatic ring is 1. The molecule has 1 aromatic carbocycles. The summed E-state index contributed by atoms with van der Waals surface area (Å²) in [5.41, 5.74) is 7.99. The normalized spacial score (nSPS) is 10.2. The fourth-order valence-corrected chi connectivity index (χ4v) is 1.58. The summed E-state index contributed by atoms with van der Waals surface area (Å²) in [6.07, 6.45) is 3.37. The Labute approximate surface area is 99.2 Å². The maximum absolute atomic E-state index is 11.8. The summed E-state index contributed by atoms with van der Waals surface area (Å²) in [5, 5.41) is 6.76. The maximum atomic E-state index is 11.8. The lowest BCUT2D eigenvalue weighted by Crippen LogP contribution is -2.20. The van der Waals surface area contributed by atoms with E-state index in [1.807, 2.05) is 19.1 Å². The summed E-state index contributed by atoms with van der Waals surface area (Å²) in [7, 11) is 0. The highest BCUT2D eigenvalue weighted by Gasteiger charge is 2.08. The molecule has 0 aliphatic carbocycles. The van der Waals surface area contributed by atoms with Crippen LogP contribution in [0.4, 0.5) is 11.4 Å². The smallest absolute Gasteiger partial charge is 0.246 e. The Morgan fingerprint density at radius 2 is 2.29 bits per heavy atom. The average molecular weight is 230 g/mol. The number of nitrogens with two attached hydrogens (primary N) is 1. The van der Waals surface area contributed by atoms with Gasteiger partial charge in [-0.3, -0.25) is 9.48 Å². The van der Waals surface area contributed by atoms with Crippen LogP contribution in [0.3, 0.4) is 0 Å². The summed E-state index contributed by atoms with van der Waals surface area (Å²) >= 11 is 0. The van der Waals surface area contributed by atoms with Gasteiger partial charge < -0.3 is 11.1 Å². The summed E-state index contributed by atoms with van der Waals surface area (Å²) in [5.74, 6) is -0.144. The molecule has 0 radical (unpaired) electrons. The molecule has 0 aliphatic rings. The van der Waals surface area contributed by atoms with Crippen LogP contribution in [-0.2, 0) is 11.3 Å². The Morgan fingerprint density at radius 1 is 1.47 bits per heavy atom. The first kappa shape index (κ1) is 11.2. The highest BCUT2D eigenvalue weighted by molar-refractivity contribution is 5.94. The summed E-state index contributed by atoms with van der Waals surface area (Å²) < 4.78 is 1.56. The van der Waals surface area contributed by atoms with E-state index in [-0.39, 0.29) is 12.5 Å². The molecule has 3 N–H and O–H groups in total. The maximum Gasteiger partial charge on any atom is 0.246 e. The Hall–Kier alpha value is -2.30. The van der Waals surface area contributed by atoms with Crippen LogP contribution in [0, 0.1) is 6.92 Å². The van der Waals surface area contributed by atoms with Gasteiger partial charge in [0.25, 0.3) is 0 Å². The van der Waals surface area contributed by atoms with Crippen molar-refractivity contribution >= 4 is 17.3 Å². The molecule has 0 saturated carbocycles. The Balaban J connectivity index is 2.08. The highest BCUT2D eigenvalue weighted by atomic mass is 16.2. The molecule has 0 unspecified atom stereocenters. The largest absolute Gasteiger partial charge is 0.397 e. The number of rotatable bonds is 3. The van der Waals surface area contributed by atoms with Crippen LogP contribution in [0.5, 0.6) is 0 Å². The van der Waals surface area contributed by atoms with Gasteiger partial charge in [-0.1, -0.05) is 12.1 Å². The summed E-state index contributed by atoms with van der Waals surface area (Å²) in [6, 6.07) is 7.29. The predicted molar refractivity (Wildman–Crippen MR) is 66.4 cm³/mol. The monoisotopic (exact) mass is 230 g/mol. The average Bonchev–Trinajstić information content (AvgIpc) is 2.76. The van der Waals surface area contributed by atoms with Crippen LogP contribution in [0.2, 0.25) is 0 Å². The number of nitrogens with zero attached hydrogens (tertiary/aromatic N) is 2. The number of amides is 1. The van der Waals surface area contributed by atoms with Crippen molar-refractivity contribution in [1.29, 1.82) is 0 Å². The molecular formula is C12H14N4O. The van der Waals surface area contributed by atoms with E-state index in [0.717, 1.165) is 5.56 Å². The van der Waals surface area contributed by atoms with Gasteiger partial charge in [0, 0.05) is 12.4 Å². The number of carbonyl (C=O) groups excluding carboxylic acids is 1. The second-order valence-electron chi connectivity index (χ2n) is 3.79. The zero-order valence-corrected chi connectivity index (χ0v) is 9.55. The van der Waals surface area contributed by atoms with Gasteiger partial charge in [-0.15, -0.1) is 0 Å². The summed E-state index contributed by atoms with van der Waals surface area (Å²) in [4.78, 5) is 11.8. The van der Waals surface area contributed by atoms with Crippen molar-refractivity contribution in [3.05, 3.63) is 42.2 Å². The van der Waals surface area contributed by atoms with Gasteiger partial charge in [-0.05, 0) is 24.6 Å². The van der Waals surface area contributed by atoms with Gasteiger partial charge in [-0.2, -0.15) is 5.10 Å². The quantitative estimate of drug-likeness (QED) is 0.783. The van der Waals surface area contributed by atoms with Crippen molar-refractivity contribution in [2.24, 2.45) is 0 Å². The minimum atomic E-state index is -0.144. The Kier molecular flexibility index (Phi) is 3.09. The third-order valence-electron chi connectivity index (χ3n) is 2.43. The number of benzene rings is 1. The van der Waals surface area contributed by atoms with Crippen molar-refractivity contribution in [3.63, 3.8) is 0 Å². The number of aromatic nitrogens is 2. The molecule has 5 heteroatoms. The molecule has 1 amide bonds. The molecule has 2 rings (SSSR count). The van der Waals surface area contributed by atoms with E-state index in [0.29, 0.717) is 11.4 Å². The molecule has 1 heterocycles. The first-order valence-electron chi connectivity index (χ1n) is 5.29. The molecule has 0 spiro atoms. The zero-order chi connectivity index (χ0) is 12.3. The fourth-order valence-electron chi connectivity index (χ4n) is 1.58. The van der Waals surface area contributed by atoms with Crippen LogP contribution < -0.4 is 11.1 Å². The predicted octanol–water partition coefficient (Wildman–Crippen LogP) is 1.41. The van der Waals surface area contributed by atoms with Crippen LogP contribution in [0.25, 0.3) is 0 Å². The van der Waals surface area contributed by atoms with Gasteiger partial charge in [-0.25, -0.2) is 0 Å².